The highest BCUT2D eigenvalue weighted by Gasteiger charge is 2.42. The molecule has 1 fully saturated rings. The molecule has 0 aliphatic heterocycles. The average molecular weight is 266 g/mol. The first kappa shape index (κ1) is 14.0. The molecule has 1 aromatic rings. The van der Waals surface area contributed by atoms with E-state index >= 15 is 0 Å². The molecule has 1 aromatic carbocycles. The van der Waals surface area contributed by atoms with Crippen LogP contribution < -0.4 is 0 Å². The lowest BCUT2D eigenvalue weighted by Crippen LogP contribution is -2.38. The van der Waals surface area contributed by atoms with Gasteiger partial charge in [-0.2, -0.15) is 0 Å². The molecule has 0 heterocycles. The van der Waals surface area contributed by atoms with Gasteiger partial charge in [0, 0.05) is 7.11 Å². The van der Waals surface area contributed by atoms with Crippen molar-refractivity contribution < 1.29 is 19.0 Å². The fourth-order valence-corrected chi connectivity index (χ4v) is 3.06. The van der Waals surface area contributed by atoms with Gasteiger partial charge >= 0.3 is 5.97 Å². The number of halogens is 1. The molecule has 0 radical (unpaired) electrons. The molecule has 1 saturated carbocycles. The molecule has 0 unspecified atom stereocenters. The first-order chi connectivity index (χ1) is 9.10. The second-order valence-electron chi connectivity index (χ2n) is 5.18. The molecule has 1 aliphatic carbocycles. The van der Waals surface area contributed by atoms with Crippen molar-refractivity contribution in [2.24, 2.45) is 0 Å². The molecular formula is C15H19FO3. The summed E-state index contributed by atoms with van der Waals surface area (Å²) in [4.78, 5) is 11.8. The number of aliphatic carboxylic acids is 1. The SMILES string of the molecule is COCc1cc(F)ccc1C1(C(=O)O)CCCCC1. The van der Waals surface area contributed by atoms with Gasteiger partial charge in [0.05, 0.1) is 12.0 Å². The minimum absolute atomic E-state index is 0.238. The van der Waals surface area contributed by atoms with Crippen molar-refractivity contribution in [3.05, 3.63) is 35.1 Å². The molecular weight excluding hydrogens is 247 g/mol. The Morgan fingerprint density at radius 1 is 1.37 bits per heavy atom. The summed E-state index contributed by atoms with van der Waals surface area (Å²) >= 11 is 0. The second-order valence-corrected chi connectivity index (χ2v) is 5.18. The molecule has 4 heteroatoms. The maximum atomic E-state index is 13.4. The fraction of sp³-hybridized carbons (Fsp3) is 0.533. The summed E-state index contributed by atoms with van der Waals surface area (Å²) in [6.07, 6.45) is 4.09. The zero-order chi connectivity index (χ0) is 13.9. The number of methoxy groups -OCH3 is 1. The first-order valence-electron chi connectivity index (χ1n) is 6.61. The van der Waals surface area contributed by atoms with Gasteiger partial charge in [0.1, 0.15) is 5.82 Å². The molecule has 0 amide bonds. The van der Waals surface area contributed by atoms with Gasteiger partial charge < -0.3 is 9.84 Å². The fourth-order valence-electron chi connectivity index (χ4n) is 3.06. The minimum Gasteiger partial charge on any atom is -0.481 e. The van der Waals surface area contributed by atoms with Crippen LogP contribution in [0.2, 0.25) is 0 Å². The molecule has 1 aliphatic rings. The lowest BCUT2D eigenvalue weighted by Gasteiger charge is -2.35. The Kier molecular flexibility index (Phi) is 4.20. The maximum absolute atomic E-state index is 13.4. The number of hydrogen-bond donors (Lipinski definition) is 1. The number of rotatable bonds is 4. The third kappa shape index (κ3) is 2.63. The van der Waals surface area contributed by atoms with E-state index in [2.05, 4.69) is 0 Å². The van der Waals surface area contributed by atoms with E-state index in [0.29, 0.717) is 24.0 Å². The lowest BCUT2D eigenvalue weighted by atomic mass is 9.68. The monoisotopic (exact) mass is 266 g/mol. The van der Waals surface area contributed by atoms with Crippen LogP contribution in [-0.4, -0.2) is 18.2 Å². The van der Waals surface area contributed by atoms with Crippen molar-refractivity contribution in [2.45, 2.75) is 44.1 Å². The number of hydrogen-bond acceptors (Lipinski definition) is 2. The zero-order valence-electron chi connectivity index (χ0n) is 11.1. The van der Waals surface area contributed by atoms with Crippen LogP contribution in [0.4, 0.5) is 4.39 Å². The molecule has 1 N–H and O–H groups in total. The van der Waals surface area contributed by atoms with Crippen LogP contribution in [0.1, 0.15) is 43.2 Å². The Hall–Kier alpha value is -1.42. The topological polar surface area (TPSA) is 46.5 Å². The molecule has 2 rings (SSSR count). The van der Waals surface area contributed by atoms with Crippen molar-refractivity contribution in [1.82, 2.24) is 0 Å². The second kappa shape index (κ2) is 5.70. The Balaban J connectivity index is 2.49. The van der Waals surface area contributed by atoms with Crippen LogP contribution >= 0.6 is 0 Å². The van der Waals surface area contributed by atoms with Gasteiger partial charge in [0.2, 0.25) is 0 Å². The van der Waals surface area contributed by atoms with E-state index in [1.165, 1.54) is 19.2 Å². The molecule has 0 saturated heterocycles. The normalized spacial score (nSPS) is 18.2. The molecule has 0 atom stereocenters. The molecule has 3 nitrogen and oxygen atoms in total. The van der Waals surface area contributed by atoms with Crippen LogP contribution in [0.5, 0.6) is 0 Å². The zero-order valence-corrected chi connectivity index (χ0v) is 11.1. The van der Waals surface area contributed by atoms with E-state index in [1.54, 1.807) is 6.07 Å². The Bertz CT molecular complexity index is 464. The van der Waals surface area contributed by atoms with Gasteiger partial charge in [-0.15, -0.1) is 0 Å². The third-order valence-electron chi connectivity index (χ3n) is 4.00. The highest BCUT2D eigenvalue weighted by Crippen LogP contribution is 2.41. The molecule has 0 aromatic heterocycles. The average Bonchev–Trinajstić information content (AvgIpc) is 2.40. The predicted molar refractivity (Wildman–Crippen MR) is 69.5 cm³/mol. The standard InChI is InChI=1S/C15H19FO3/c1-19-10-11-9-12(16)5-6-13(11)15(14(17)18)7-3-2-4-8-15/h5-6,9H,2-4,7-8,10H2,1H3,(H,17,18). The van der Waals surface area contributed by atoms with Gasteiger partial charge in [-0.25, -0.2) is 4.39 Å². The predicted octanol–water partition coefficient (Wildman–Crippen LogP) is 3.26. The number of carboxylic acid groups (broad SMARTS) is 1. The van der Waals surface area contributed by atoms with Crippen molar-refractivity contribution in [3.63, 3.8) is 0 Å². The van der Waals surface area contributed by atoms with E-state index in [-0.39, 0.29) is 12.4 Å². The van der Waals surface area contributed by atoms with Crippen molar-refractivity contribution in [1.29, 1.82) is 0 Å². The van der Waals surface area contributed by atoms with Crippen molar-refractivity contribution in [3.8, 4) is 0 Å². The summed E-state index contributed by atoms with van der Waals surface area (Å²) in [5.74, 6) is -1.16. The number of ether oxygens (including phenoxy) is 1. The van der Waals surface area contributed by atoms with Crippen molar-refractivity contribution in [2.75, 3.05) is 7.11 Å². The molecule has 0 bridgehead atoms. The third-order valence-corrected chi connectivity index (χ3v) is 4.00. The van der Waals surface area contributed by atoms with Gasteiger partial charge in [-0.1, -0.05) is 25.3 Å². The Labute approximate surface area is 112 Å². The summed E-state index contributed by atoms with van der Waals surface area (Å²) in [6, 6.07) is 4.34. The van der Waals surface area contributed by atoms with E-state index < -0.39 is 11.4 Å². The highest BCUT2D eigenvalue weighted by atomic mass is 19.1. The Morgan fingerprint density at radius 3 is 2.63 bits per heavy atom. The van der Waals surface area contributed by atoms with E-state index in [4.69, 9.17) is 4.74 Å². The van der Waals surface area contributed by atoms with Gasteiger partial charge in [-0.05, 0) is 36.1 Å². The van der Waals surface area contributed by atoms with Crippen molar-refractivity contribution >= 4 is 5.97 Å². The number of benzene rings is 1. The van der Waals surface area contributed by atoms with Crippen LogP contribution in [-0.2, 0) is 21.6 Å². The molecule has 104 valence electrons. The minimum atomic E-state index is -0.875. The van der Waals surface area contributed by atoms with Crippen LogP contribution in [0.15, 0.2) is 18.2 Å². The van der Waals surface area contributed by atoms with Crippen LogP contribution in [0.25, 0.3) is 0 Å². The summed E-state index contributed by atoms with van der Waals surface area (Å²) in [5, 5.41) is 9.67. The molecule has 19 heavy (non-hydrogen) atoms. The largest absolute Gasteiger partial charge is 0.481 e. The lowest BCUT2D eigenvalue weighted by molar-refractivity contribution is -0.145. The van der Waals surface area contributed by atoms with Gasteiger partial charge in [-0.3, -0.25) is 4.79 Å². The van der Waals surface area contributed by atoms with E-state index in [0.717, 1.165) is 19.3 Å². The summed E-state index contributed by atoms with van der Waals surface area (Å²) in [7, 11) is 1.53. The molecule has 0 spiro atoms. The smallest absolute Gasteiger partial charge is 0.314 e. The number of carbonyl (C=O) groups is 1. The quantitative estimate of drug-likeness (QED) is 0.909. The number of carboxylic acids is 1. The Morgan fingerprint density at radius 2 is 2.05 bits per heavy atom. The summed E-state index contributed by atoms with van der Waals surface area (Å²) in [6.45, 7) is 0.238. The maximum Gasteiger partial charge on any atom is 0.314 e. The van der Waals surface area contributed by atoms with Crippen LogP contribution in [0.3, 0.4) is 0 Å². The van der Waals surface area contributed by atoms with Crippen LogP contribution in [0, 0.1) is 5.82 Å². The highest BCUT2D eigenvalue weighted by molar-refractivity contribution is 5.82. The van der Waals surface area contributed by atoms with E-state index in [9.17, 15) is 14.3 Å². The van der Waals surface area contributed by atoms with Gasteiger partial charge in [0.25, 0.3) is 0 Å². The summed E-state index contributed by atoms with van der Waals surface area (Å²) < 4.78 is 18.4. The van der Waals surface area contributed by atoms with E-state index in [1.807, 2.05) is 0 Å². The first-order valence-corrected chi connectivity index (χ1v) is 6.61. The summed E-state index contributed by atoms with van der Waals surface area (Å²) in [5.41, 5.74) is 0.481. The van der Waals surface area contributed by atoms with Gasteiger partial charge in [0.15, 0.2) is 0 Å².